The summed E-state index contributed by atoms with van der Waals surface area (Å²) in [5.74, 6) is 0.426. The van der Waals surface area contributed by atoms with Crippen LogP contribution < -0.4 is 20.9 Å². The Morgan fingerprint density at radius 1 is 1.42 bits per heavy atom. The summed E-state index contributed by atoms with van der Waals surface area (Å²) >= 11 is 4.75. The summed E-state index contributed by atoms with van der Waals surface area (Å²) in [7, 11) is 0. The molecule has 0 radical (unpaired) electrons. The first kappa shape index (κ1) is 18.7. The summed E-state index contributed by atoms with van der Waals surface area (Å²) < 4.78 is 19.9. The van der Waals surface area contributed by atoms with Gasteiger partial charge in [0.15, 0.2) is 5.11 Å². The van der Waals surface area contributed by atoms with Crippen LogP contribution in [0.25, 0.3) is 0 Å². The van der Waals surface area contributed by atoms with Crippen molar-refractivity contribution in [1.29, 1.82) is 0 Å². The van der Waals surface area contributed by atoms with Gasteiger partial charge in [0.05, 0.1) is 24.5 Å². The van der Waals surface area contributed by atoms with Gasteiger partial charge in [0.2, 0.25) is 0 Å². The molecule has 1 aromatic carbocycles. The zero-order valence-electron chi connectivity index (χ0n) is 14.9. The third kappa shape index (κ3) is 4.17. The van der Waals surface area contributed by atoms with E-state index in [4.69, 9.17) is 22.7 Å². The van der Waals surface area contributed by atoms with Crippen molar-refractivity contribution in [3.05, 3.63) is 24.0 Å². The SMILES string of the molecule is CCC1CCN(c2ccc(N3C[C@H](CNC(N)=S)OC3=O)cc2F)CC1. The average molecular weight is 380 g/mol. The van der Waals surface area contributed by atoms with E-state index in [1.54, 1.807) is 12.1 Å². The van der Waals surface area contributed by atoms with Gasteiger partial charge < -0.3 is 20.7 Å². The second-order valence-electron chi connectivity index (χ2n) is 6.84. The highest BCUT2D eigenvalue weighted by molar-refractivity contribution is 7.80. The first-order chi connectivity index (χ1) is 12.5. The molecule has 3 N–H and O–H groups in total. The van der Waals surface area contributed by atoms with Gasteiger partial charge in [-0.2, -0.15) is 0 Å². The molecule has 2 heterocycles. The summed E-state index contributed by atoms with van der Waals surface area (Å²) in [5.41, 5.74) is 6.49. The second kappa shape index (κ2) is 8.07. The van der Waals surface area contributed by atoms with E-state index in [0.29, 0.717) is 24.5 Å². The van der Waals surface area contributed by atoms with Gasteiger partial charge in [0.25, 0.3) is 0 Å². The number of cyclic esters (lactones) is 1. The molecule has 26 heavy (non-hydrogen) atoms. The monoisotopic (exact) mass is 380 g/mol. The van der Waals surface area contributed by atoms with Crippen LogP contribution in [0.5, 0.6) is 0 Å². The van der Waals surface area contributed by atoms with Crippen molar-refractivity contribution in [3.8, 4) is 0 Å². The molecule has 0 bridgehead atoms. The molecule has 2 aliphatic rings. The molecule has 2 fully saturated rings. The number of anilines is 2. The van der Waals surface area contributed by atoms with E-state index in [1.165, 1.54) is 17.4 Å². The fourth-order valence-electron chi connectivity index (χ4n) is 3.56. The summed E-state index contributed by atoms with van der Waals surface area (Å²) in [6, 6.07) is 4.94. The van der Waals surface area contributed by atoms with Crippen molar-refractivity contribution in [2.75, 3.05) is 36.0 Å². The zero-order valence-corrected chi connectivity index (χ0v) is 15.7. The van der Waals surface area contributed by atoms with Crippen molar-refractivity contribution in [2.24, 2.45) is 11.7 Å². The van der Waals surface area contributed by atoms with Crippen molar-refractivity contribution < 1.29 is 13.9 Å². The number of halogens is 1. The van der Waals surface area contributed by atoms with Crippen LogP contribution in [0.1, 0.15) is 26.2 Å². The van der Waals surface area contributed by atoms with E-state index in [1.807, 2.05) is 0 Å². The Hall–Kier alpha value is -2.09. The Labute approximate surface area is 158 Å². The first-order valence-corrected chi connectivity index (χ1v) is 9.44. The van der Waals surface area contributed by atoms with E-state index in [2.05, 4.69) is 17.1 Å². The maximum absolute atomic E-state index is 14.7. The summed E-state index contributed by atoms with van der Waals surface area (Å²) in [5, 5.41) is 2.93. The predicted octanol–water partition coefficient (Wildman–Crippen LogP) is 2.61. The van der Waals surface area contributed by atoms with Gasteiger partial charge in [-0.25, -0.2) is 9.18 Å². The number of benzene rings is 1. The highest BCUT2D eigenvalue weighted by Crippen LogP contribution is 2.30. The highest BCUT2D eigenvalue weighted by atomic mass is 32.1. The van der Waals surface area contributed by atoms with Crippen LogP contribution in [0.2, 0.25) is 0 Å². The van der Waals surface area contributed by atoms with Gasteiger partial charge in [-0.05, 0) is 49.2 Å². The lowest BCUT2D eigenvalue weighted by Gasteiger charge is -2.33. The molecule has 2 saturated heterocycles. The fraction of sp³-hybridized carbons (Fsp3) is 0.556. The van der Waals surface area contributed by atoms with Crippen LogP contribution in [0.4, 0.5) is 20.6 Å². The van der Waals surface area contributed by atoms with E-state index in [-0.39, 0.29) is 17.0 Å². The number of carbonyl (C=O) groups excluding carboxylic acids is 1. The van der Waals surface area contributed by atoms with Crippen molar-refractivity contribution in [2.45, 2.75) is 32.3 Å². The fourth-order valence-corrected chi connectivity index (χ4v) is 3.64. The molecule has 0 aliphatic carbocycles. The number of carbonyl (C=O) groups is 1. The number of nitrogens with one attached hydrogen (secondary N) is 1. The Kier molecular flexibility index (Phi) is 5.80. The molecule has 1 atom stereocenters. The van der Waals surface area contributed by atoms with Crippen molar-refractivity contribution in [3.63, 3.8) is 0 Å². The number of nitrogens with zero attached hydrogens (tertiary/aromatic N) is 2. The summed E-state index contributed by atoms with van der Waals surface area (Å²) in [6.45, 7) is 4.61. The molecule has 142 valence electrons. The van der Waals surface area contributed by atoms with Gasteiger partial charge in [-0.15, -0.1) is 0 Å². The van der Waals surface area contributed by atoms with Crippen LogP contribution in [0.3, 0.4) is 0 Å². The maximum Gasteiger partial charge on any atom is 0.414 e. The van der Waals surface area contributed by atoms with Gasteiger partial charge >= 0.3 is 6.09 Å². The highest BCUT2D eigenvalue weighted by Gasteiger charge is 2.33. The number of nitrogens with two attached hydrogens (primary N) is 1. The smallest absolute Gasteiger partial charge is 0.414 e. The quantitative estimate of drug-likeness (QED) is 0.765. The molecular weight excluding hydrogens is 355 g/mol. The van der Waals surface area contributed by atoms with Gasteiger partial charge in [0.1, 0.15) is 11.9 Å². The van der Waals surface area contributed by atoms with Crippen molar-refractivity contribution in [1.82, 2.24) is 5.32 Å². The van der Waals surface area contributed by atoms with Crippen LogP contribution in [-0.4, -0.2) is 43.5 Å². The number of piperidine rings is 1. The molecule has 0 spiro atoms. The minimum absolute atomic E-state index is 0.154. The normalized spacial score (nSPS) is 21.0. The molecule has 0 saturated carbocycles. The number of thiocarbonyl (C=S) groups is 1. The number of amides is 1. The minimum atomic E-state index is -0.490. The zero-order chi connectivity index (χ0) is 18.7. The lowest BCUT2D eigenvalue weighted by Crippen LogP contribution is -2.37. The van der Waals surface area contributed by atoms with Crippen LogP contribution in [0.15, 0.2) is 18.2 Å². The number of hydrogen-bond acceptors (Lipinski definition) is 4. The molecule has 0 aromatic heterocycles. The Balaban J connectivity index is 1.66. The van der Waals surface area contributed by atoms with E-state index in [0.717, 1.165) is 31.8 Å². The standard InChI is InChI=1S/C18H25FN4O2S/c1-2-12-5-7-22(8-6-12)16-4-3-13(9-15(16)19)23-11-14(25-18(23)24)10-21-17(20)26/h3-4,9,12,14H,2,5-8,10-11H2,1H3,(H3,20,21,26)/t14-/m0/s1. The van der Waals surface area contributed by atoms with E-state index < -0.39 is 6.09 Å². The molecule has 3 rings (SSSR count). The van der Waals surface area contributed by atoms with E-state index in [9.17, 15) is 9.18 Å². The third-order valence-corrected chi connectivity index (χ3v) is 5.30. The van der Waals surface area contributed by atoms with Gasteiger partial charge in [0, 0.05) is 13.1 Å². The molecule has 1 aromatic rings. The number of rotatable bonds is 5. The lowest BCUT2D eigenvalue weighted by atomic mass is 9.94. The van der Waals surface area contributed by atoms with Gasteiger partial charge in [-0.1, -0.05) is 13.3 Å². The first-order valence-electron chi connectivity index (χ1n) is 9.04. The average Bonchev–Trinajstić information content (AvgIpc) is 3.01. The topological polar surface area (TPSA) is 70.8 Å². The van der Waals surface area contributed by atoms with E-state index >= 15 is 0 Å². The minimum Gasteiger partial charge on any atom is -0.442 e. The predicted molar refractivity (Wildman–Crippen MR) is 104 cm³/mol. The molecule has 2 aliphatic heterocycles. The Bertz CT molecular complexity index is 679. The van der Waals surface area contributed by atoms with Crippen LogP contribution in [0, 0.1) is 11.7 Å². The number of hydrogen-bond donors (Lipinski definition) is 2. The Morgan fingerprint density at radius 3 is 2.77 bits per heavy atom. The van der Waals surface area contributed by atoms with Crippen LogP contribution >= 0.6 is 12.2 Å². The molecule has 1 amide bonds. The lowest BCUT2D eigenvalue weighted by molar-refractivity contribution is 0.143. The molecule has 6 nitrogen and oxygen atoms in total. The number of ether oxygens (including phenoxy) is 1. The molecular formula is C18H25FN4O2S. The van der Waals surface area contributed by atoms with Crippen molar-refractivity contribution >= 4 is 34.8 Å². The third-order valence-electron chi connectivity index (χ3n) is 5.15. The summed E-state index contributed by atoms with van der Waals surface area (Å²) in [6.07, 6.45) is 2.49. The van der Waals surface area contributed by atoms with Crippen LogP contribution in [-0.2, 0) is 4.74 Å². The summed E-state index contributed by atoms with van der Waals surface area (Å²) in [4.78, 5) is 15.6. The molecule has 8 heteroatoms. The Morgan fingerprint density at radius 2 is 2.15 bits per heavy atom. The second-order valence-corrected chi connectivity index (χ2v) is 7.28. The van der Waals surface area contributed by atoms with Gasteiger partial charge in [-0.3, -0.25) is 4.90 Å². The largest absolute Gasteiger partial charge is 0.442 e. The molecule has 0 unspecified atom stereocenters. The maximum atomic E-state index is 14.7.